The smallest absolute Gasteiger partial charge is 0.355 e. The Hall–Kier alpha value is -4.10. The number of ether oxygens (including phenoxy) is 2. The molecule has 0 saturated heterocycles. The Morgan fingerprint density at radius 3 is 2.11 bits per heavy atom. The number of anilines is 1. The highest BCUT2D eigenvalue weighted by Gasteiger charge is 2.52. The molecule has 1 heterocycles. The van der Waals surface area contributed by atoms with Crippen molar-refractivity contribution in [1.29, 1.82) is 0 Å². The maximum atomic E-state index is 13.2. The van der Waals surface area contributed by atoms with Crippen LogP contribution in [-0.2, 0) is 38.3 Å². The molecule has 0 radical (unpaired) electrons. The third kappa shape index (κ3) is 4.45. The Morgan fingerprint density at radius 2 is 1.44 bits per heavy atom. The molecule has 0 aliphatic rings. The highest BCUT2D eigenvalue weighted by Crippen LogP contribution is 2.43. The van der Waals surface area contributed by atoms with E-state index in [2.05, 4.69) is 5.32 Å². The van der Waals surface area contributed by atoms with E-state index in [1.54, 1.807) is 26.0 Å². The minimum atomic E-state index is -2.66. The van der Waals surface area contributed by atoms with Crippen LogP contribution in [0, 0.1) is 0 Å². The van der Waals surface area contributed by atoms with Gasteiger partial charge in [-0.05, 0) is 31.5 Å². The van der Waals surface area contributed by atoms with Crippen molar-refractivity contribution in [2.45, 2.75) is 26.0 Å². The van der Waals surface area contributed by atoms with Crippen molar-refractivity contribution >= 4 is 28.5 Å². The van der Waals surface area contributed by atoms with E-state index in [-0.39, 0.29) is 18.8 Å². The van der Waals surface area contributed by atoms with E-state index in [4.69, 9.17) is 9.47 Å². The van der Waals surface area contributed by atoms with Crippen LogP contribution in [0.4, 0.5) is 5.69 Å². The standard InChI is InChI=1S/C29H30N2O5/c1-4-35-27(32)29(34,28(33)36-5-2)25-22-16-10-12-18-24(22)31(3)26(25)21-15-9-11-17-23(21)30-19-20-13-7-6-8-14-20/h6-18,30,34H,4-5,19H2,1-3H3. The van der Waals surface area contributed by atoms with E-state index in [0.29, 0.717) is 23.2 Å². The Morgan fingerprint density at radius 1 is 0.861 bits per heavy atom. The molecule has 36 heavy (non-hydrogen) atoms. The molecule has 0 atom stereocenters. The van der Waals surface area contributed by atoms with Gasteiger partial charge in [-0.25, -0.2) is 9.59 Å². The number of fused-ring (bicyclic) bond motifs is 1. The number of aliphatic hydroxyl groups is 1. The topological polar surface area (TPSA) is 89.8 Å². The number of carbonyl (C=O) groups is 2. The second kappa shape index (κ2) is 10.7. The molecule has 0 saturated carbocycles. The van der Waals surface area contributed by atoms with Crippen molar-refractivity contribution in [3.05, 3.63) is 90.0 Å². The van der Waals surface area contributed by atoms with Crippen LogP contribution in [0.15, 0.2) is 78.9 Å². The van der Waals surface area contributed by atoms with Gasteiger partial charge in [0.15, 0.2) is 0 Å². The van der Waals surface area contributed by atoms with Crippen LogP contribution in [0.1, 0.15) is 25.0 Å². The first-order valence-corrected chi connectivity index (χ1v) is 11.9. The fourth-order valence-corrected chi connectivity index (χ4v) is 4.47. The van der Waals surface area contributed by atoms with Gasteiger partial charge in [-0.15, -0.1) is 0 Å². The summed E-state index contributed by atoms with van der Waals surface area (Å²) < 4.78 is 12.3. The number of para-hydroxylation sites is 2. The van der Waals surface area contributed by atoms with Crippen LogP contribution >= 0.6 is 0 Å². The second-order valence-corrected chi connectivity index (χ2v) is 8.34. The predicted octanol–water partition coefficient (Wildman–Crippen LogP) is 4.77. The lowest BCUT2D eigenvalue weighted by Crippen LogP contribution is -2.46. The third-order valence-corrected chi connectivity index (χ3v) is 6.12. The zero-order valence-electron chi connectivity index (χ0n) is 20.7. The number of carbonyl (C=O) groups excluding carboxylic acids is 2. The maximum absolute atomic E-state index is 13.2. The number of benzene rings is 3. The van der Waals surface area contributed by atoms with E-state index in [1.807, 2.05) is 78.3 Å². The lowest BCUT2D eigenvalue weighted by atomic mass is 9.88. The Kier molecular flexibility index (Phi) is 7.41. The average molecular weight is 487 g/mol. The summed E-state index contributed by atoms with van der Waals surface area (Å²) in [7, 11) is 1.84. The monoisotopic (exact) mass is 486 g/mol. The zero-order valence-corrected chi connectivity index (χ0v) is 20.7. The number of aryl methyl sites for hydroxylation is 1. The number of aromatic nitrogens is 1. The van der Waals surface area contributed by atoms with Crippen LogP contribution in [0.2, 0.25) is 0 Å². The largest absolute Gasteiger partial charge is 0.463 e. The minimum absolute atomic E-state index is 0.00410. The quantitative estimate of drug-likeness (QED) is 0.262. The van der Waals surface area contributed by atoms with Crippen LogP contribution in [-0.4, -0.2) is 34.8 Å². The summed E-state index contributed by atoms with van der Waals surface area (Å²) in [6.45, 7) is 3.80. The average Bonchev–Trinajstić information content (AvgIpc) is 3.20. The number of nitrogens with zero attached hydrogens (tertiary/aromatic N) is 1. The minimum Gasteiger partial charge on any atom is -0.463 e. The molecular weight excluding hydrogens is 456 g/mol. The summed E-state index contributed by atoms with van der Waals surface area (Å²) >= 11 is 0. The fraction of sp³-hybridized carbons (Fsp3) is 0.241. The molecule has 1 aromatic heterocycles. The highest BCUT2D eigenvalue weighted by atomic mass is 16.6. The molecule has 7 nitrogen and oxygen atoms in total. The lowest BCUT2D eigenvalue weighted by molar-refractivity contribution is -0.184. The Bertz CT molecular complexity index is 1360. The third-order valence-electron chi connectivity index (χ3n) is 6.12. The van der Waals surface area contributed by atoms with E-state index in [1.165, 1.54) is 0 Å². The lowest BCUT2D eigenvalue weighted by Gasteiger charge is -2.26. The van der Waals surface area contributed by atoms with Gasteiger partial charge in [-0.1, -0.05) is 66.7 Å². The first kappa shape index (κ1) is 25.0. The van der Waals surface area contributed by atoms with Crippen LogP contribution < -0.4 is 5.32 Å². The van der Waals surface area contributed by atoms with Crippen molar-refractivity contribution in [2.24, 2.45) is 7.05 Å². The number of rotatable bonds is 9. The molecule has 3 aromatic carbocycles. The summed E-state index contributed by atoms with van der Waals surface area (Å²) in [6, 6.07) is 24.9. The molecule has 7 heteroatoms. The van der Waals surface area contributed by atoms with Gasteiger partial charge < -0.3 is 24.5 Å². The maximum Gasteiger partial charge on any atom is 0.355 e. The van der Waals surface area contributed by atoms with Crippen molar-refractivity contribution in [3.63, 3.8) is 0 Å². The molecule has 0 spiro atoms. The fourth-order valence-electron chi connectivity index (χ4n) is 4.47. The Balaban J connectivity index is 1.96. The van der Waals surface area contributed by atoms with Gasteiger partial charge >= 0.3 is 11.9 Å². The molecule has 0 aliphatic carbocycles. The van der Waals surface area contributed by atoms with E-state index < -0.39 is 17.5 Å². The SMILES string of the molecule is CCOC(=O)C(O)(C(=O)OCC)c1c(-c2ccccc2NCc2ccccc2)n(C)c2ccccc12. The molecule has 2 N–H and O–H groups in total. The van der Waals surface area contributed by atoms with Gasteiger partial charge in [0.25, 0.3) is 5.60 Å². The van der Waals surface area contributed by atoms with Gasteiger partial charge in [0, 0.05) is 41.3 Å². The van der Waals surface area contributed by atoms with Crippen molar-refractivity contribution in [2.75, 3.05) is 18.5 Å². The van der Waals surface area contributed by atoms with Gasteiger partial charge in [0.1, 0.15) is 0 Å². The molecule has 4 aromatic rings. The molecule has 0 amide bonds. The summed E-state index contributed by atoms with van der Waals surface area (Å²) in [5, 5.41) is 15.9. The number of hydrogen-bond donors (Lipinski definition) is 2. The molecule has 0 bridgehead atoms. The van der Waals surface area contributed by atoms with Crippen molar-refractivity contribution < 1.29 is 24.2 Å². The Labute approximate surface area is 210 Å². The number of nitrogens with one attached hydrogen (secondary N) is 1. The normalized spacial score (nSPS) is 11.3. The van der Waals surface area contributed by atoms with Crippen molar-refractivity contribution in [3.8, 4) is 11.3 Å². The van der Waals surface area contributed by atoms with E-state index in [9.17, 15) is 14.7 Å². The molecule has 0 aliphatic heterocycles. The first-order valence-electron chi connectivity index (χ1n) is 11.9. The van der Waals surface area contributed by atoms with E-state index in [0.717, 1.165) is 16.8 Å². The zero-order chi connectivity index (χ0) is 25.7. The van der Waals surface area contributed by atoms with Crippen LogP contribution in [0.25, 0.3) is 22.2 Å². The molecule has 0 unspecified atom stereocenters. The van der Waals surface area contributed by atoms with Crippen LogP contribution in [0.5, 0.6) is 0 Å². The van der Waals surface area contributed by atoms with Crippen molar-refractivity contribution in [1.82, 2.24) is 4.57 Å². The molecule has 186 valence electrons. The summed E-state index contributed by atoms with van der Waals surface area (Å²) in [6.07, 6.45) is 0. The van der Waals surface area contributed by atoms with Gasteiger partial charge in [0.2, 0.25) is 0 Å². The van der Waals surface area contributed by atoms with Crippen LogP contribution in [0.3, 0.4) is 0 Å². The second-order valence-electron chi connectivity index (χ2n) is 8.34. The summed E-state index contributed by atoms with van der Waals surface area (Å²) in [5.41, 5.74) is 1.32. The summed E-state index contributed by atoms with van der Waals surface area (Å²) in [5.74, 6) is -2.15. The predicted molar refractivity (Wildman–Crippen MR) is 139 cm³/mol. The van der Waals surface area contributed by atoms with Gasteiger partial charge in [-0.3, -0.25) is 0 Å². The van der Waals surface area contributed by atoms with Gasteiger partial charge in [0.05, 0.1) is 18.9 Å². The molecular formula is C29H30N2O5. The summed E-state index contributed by atoms with van der Waals surface area (Å²) in [4.78, 5) is 26.4. The number of hydrogen-bond acceptors (Lipinski definition) is 6. The number of esters is 2. The van der Waals surface area contributed by atoms with Gasteiger partial charge in [-0.2, -0.15) is 0 Å². The van der Waals surface area contributed by atoms with E-state index >= 15 is 0 Å². The first-order chi connectivity index (χ1) is 17.4. The molecule has 4 rings (SSSR count). The highest BCUT2D eigenvalue weighted by molar-refractivity contribution is 6.11. The molecule has 0 fully saturated rings.